The summed E-state index contributed by atoms with van der Waals surface area (Å²) in [5.41, 5.74) is 4.87. The standard InChI is InChI=1S/C22H28ClN3O3S/c1-16-6-5-7-21(18(16)3)24-10-12-25(13-11-24)22(27)15-26(30(4,28)29)20-9-8-19(23)14-17(20)2/h5-9,14H,10-13,15H2,1-4H3. The Hall–Kier alpha value is -2.25. The van der Waals surface area contributed by atoms with Crippen molar-refractivity contribution in [1.29, 1.82) is 0 Å². The number of aryl methyl sites for hydroxylation is 2. The smallest absolute Gasteiger partial charge is 0.243 e. The zero-order chi connectivity index (χ0) is 22.1. The second-order valence-corrected chi connectivity index (χ2v) is 10.1. The van der Waals surface area contributed by atoms with Gasteiger partial charge in [0.1, 0.15) is 6.54 Å². The Morgan fingerprint density at radius 3 is 2.30 bits per heavy atom. The van der Waals surface area contributed by atoms with Gasteiger partial charge in [-0.15, -0.1) is 0 Å². The normalized spacial score (nSPS) is 14.7. The number of benzene rings is 2. The second kappa shape index (κ2) is 8.86. The summed E-state index contributed by atoms with van der Waals surface area (Å²) in [5, 5.41) is 0.526. The Morgan fingerprint density at radius 1 is 1.03 bits per heavy atom. The van der Waals surface area contributed by atoms with Crippen LogP contribution in [0.15, 0.2) is 36.4 Å². The molecule has 0 N–H and O–H groups in total. The average molecular weight is 450 g/mol. The molecule has 0 aromatic heterocycles. The summed E-state index contributed by atoms with van der Waals surface area (Å²) in [4.78, 5) is 17.0. The first-order chi connectivity index (χ1) is 14.1. The summed E-state index contributed by atoms with van der Waals surface area (Å²) in [6.07, 6.45) is 1.12. The predicted molar refractivity (Wildman–Crippen MR) is 123 cm³/mol. The van der Waals surface area contributed by atoms with Crippen LogP contribution in [-0.2, 0) is 14.8 Å². The van der Waals surface area contributed by atoms with Crippen LogP contribution in [0.3, 0.4) is 0 Å². The van der Waals surface area contributed by atoms with Crippen LogP contribution in [0, 0.1) is 20.8 Å². The van der Waals surface area contributed by atoms with E-state index in [1.165, 1.54) is 16.8 Å². The van der Waals surface area contributed by atoms with Gasteiger partial charge in [-0.05, 0) is 61.7 Å². The highest BCUT2D eigenvalue weighted by Gasteiger charge is 2.27. The molecule has 0 aliphatic carbocycles. The fourth-order valence-electron chi connectivity index (χ4n) is 3.78. The summed E-state index contributed by atoms with van der Waals surface area (Å²) >= 11 is 6.00. The molecule has 0 spiro atoms. The van der Waals surface area contributed by atoms with E-state index in [1.807, 2.05) is 6.07 Å². The molecular formula is C22H28ClN3O3S. The molecule has 1 amide bonds. The van der Waals surface area contributed by atoms with Crippen molar-refractivity contribution in [2.45, 2.75) is 20.8 Å². The Balaban J connectivity index is 1.71. The Bertz CT molecular complexity index is 1050. The van der Waals surface area contributed by atoms with Gasteiger partial charge in [0.2, 0.25) is 15.9 Å². The fourth-order valence-corrected chi connectivity index (χ4v) is 4.91. The number of sulfonamides is 1. The molecule has 2 aromatic rings. The van der Waals surface area contributed by atoms with Gasteiger partial charge in [0.15, 0.2) is 0 Å². The lowest BCUT2D eigenvalue weighted by Gasteiger charge is -2.38. The van der Waals surface area contributed by atoms with Gasteiger partial charge in [-0.3, -0.25) is 9.10 Å². The van der Waals surface area contributed by atoms with Crippen LogP contribution in [0.25, 0.3) is 0 Å². The summed E-state index contributed by atoms with van der Waals surface area (Å²) in [6.45, 7) is 8.33. The predicted octanol–water partition coefficient (Wildman–Crippen LogP) is 3.38. The lowest BCUT2D eigenvalue weighted by Crippen LogP contribution is -2.52. The van der Waals surface area contributed by atoms with Gasteiger partial charge in [0.25, 0.3) is 0 Å². The molecule has 0 unspecified atom stereocenters. The molecule has 0 saturated carbocycles. The molecule has 6 nitrogen and oxygen atoms in total. The number of carbonyl (C=O) groups excluding carboxylic acids is 1. The number of anilines is 2. The average Bonchev–Trinajstić information content (AvgIpc) is 2.68. The minimum Gasteiger partial charge on any atom is -0.368 e. The highest BCUT2D eigenvalue weighted by molar-refractivity contribution is 7.92. The van der Waals surface area contributed by atoms with Gasteiger partial charge < -0.3 is 9.80 Å². The van der Waals surface area contributed by atoms with E-state index in [4.69, 9.17) is 11.6 Å². The number of halogens is 1. The Labute approximate surface area is 184 Å². The zero-order valence-electron chi connectivity index (χ0n) is 17.9. The molecule has 1 saturated heterocycles. The van der Waals surface area contributed by atoms with E-state index < -0.39 is 10.0 Å². The SMILES string of the molecule is Cc1cc(Cl)ccc1N(CC(=O)N1CCN(c2cccc(C)c2C)CC1)S(C)(=O)=O. The van der Waals surface area contributed by atoms with Crippen molar-refractivity contribution in [3.8, 4) is 0 Å². The van der Waals surface area contributed by atoms with E-state index in [1.54, 1.807) is 30.0 Å². The molecule has 1 heterocycles. The quantitative estimate of drug-likeness (QED) is 0.702. The number of rotatable bonds is 5. The van der Waals surface area contributed by atoms with Gasteiger partial charge >= 0.3 is 0 Å². The van der Waals surface area contributed by atoms with Crippen LogP contribution in [0.4, 0.5) is 11.4 Å². The maximum atomic E-state index is 12.9. The third-order valence-electron chi connectivity index (χ3n) is 5.66. The summed E-state index contributed by atoms with van der Waals surface area (Å²) in [5.74, 6) is -0.199. The number of nitrogens with zero attached hydrogens (tertiary/aromatic N) is 3. The summed E-state index contributed by atoms with van der Waals surface area (Å²) in [7, 11) is -3.62. The van der Waals surface area contributed by atoms with E-state index in [0.717, 1.165) is 23.7 Å². The molecular weight excluding hydrogens is 422 g/mol. The van der Waals surface area contributed by atoms with Gasteiger partial charge in [0.05, 0.1) is 11.9 Å². The van der Waals surface area contributed by atoms with E-state index in [0.29, 0.717) is 29.4 Å². The van der Waals surface area contributed by atoms with Crippen molar-refractivity contribution in [3.05, 3.63) is 58.1 Å². The van der Waals surface area contributed by atoms with Crippen molar-refractivity contribution in [2.75, 3.05) is 48.2 Å². The van der Waals surface area contributed by atoms with E-state index >= 15 is 0 Å². The monoisotopic (exact) mass is 449 g/mol. The Kier molecular flexibility index (Phi) is 6.62. The number of hydrogen-bond donors (Lipinski definition) is 0. The zero-order valence-corrected chi connectivity index (χ0v) is 19.4. The van der Waals surface area contributed by atoms with Crippen molar-refractivity contribution in [1.82, 2.24) is 4.90 Å². The van der Waals surface area contributed by atoms with Gasteiger partial charge in [-0.2, -0.15) is 0 Å². The van der Waals surface area contributed by atoms with Crippen LogP contribution in [-0.4, -0.2) is 58.2 Å². The summed E-state index contributed by atoms with van der Waals surface area (Å²) < 4.78 is 26.0. The number of amides is 1. The van der Waals surface area contributed by atoms with Crippen molar-refractivity contribution in [3.63, 3.8) is 0 Å². The number of carbonyl (C=O) groups is 1. The minimum absolute atomic E-state index is 0.199. The molecule has 0 radical (unpaired) electrons. The third kappa shape index (κ3) is 4.90. The Morgan fingerprint density at radius 2 is 1.70 bits per heavy atom. The van der Waals surface area contributed by atoms with Gasteiger partial charge in [-0.1, -0.05) is 23.7 Å². The maximum Gasteiger partial charge on any atom is 0.243 e. The first-order valence-corrected chi connectivity index (χ1v) is 12.1. The molecule has 1 aliphatic heterocycles. The molecule has 1 fully saturated rings. The summed E-state index contributed by atoms with van der Waals surface area (Å²) in [6, 6.07) is 11.2. The largest absolute Gasteiger partial charge is 0.368 e. The molecule has 30 heavy (non-hydrogen) atoms. The molecule has 2 aromatic carbocycles. The molecule has 1 aliphatic rings. The van der Waals surface area contributed by atoms with Gasteiger partial charge in [0, 0.05) is 36.9 Å². The maximum absolute atomic E-state index is 12.9. The van der Waals surface area contributed by atoms with Crippen LogP contribution < -0.4 is 9.21 Å². The highest BCUT2D eigenvalue weighted by Crippen LogP contribution is 2.26. The van der Waals surface area contributed by atoms with E-state index in [9.17, 15) is 13.2 Å². The lowest BCUT2D eigenvalue weighted by atomic mass is 10.1. The fraction of sp³-hybridized carbons (Fsp3) is 0.409. The number of piperazine rings is 1. The molecule has 0 atom stereocenters. The first kappa shape index (κ1) is 22.4. The van der Waals surface area contributed by atoms with Crippen LogP contribution >= 0.6 is 11.6 Å². The number of hydrogen-bond acceptors (Lipinski definition) is 4. The van der Waals surface area contributed by atoms with Crippen molar-refractivity contribution >= 4 is 38.9 Å². The van der Waals surface area contributed by atoms with Crippen LogP contribution in [0.2, 0.25) is 5.02 Å². The van der Waals surface area contributed by atoms with E-state index in [2.05, 4.69) is 30.9 Å². The topological polar surface area (TPSA) is 60.9 Å². The highest BCUT2D eigenvalue weighted by atomic mass is 35.5. The van der Waals surface area contributed by atoms with Crippen LogP contribution in [0.5, 0.6) is 0 Å². The van der Waals surface area contributed by atoms with Gasteiger partial charge in [-0.25, -0.2) is 8.42 Å². The van der Waals surface area contributed by atoms with Crippen molar-refractivity contribution < 1.29 is 13.2 Å². The molecule has 0 bridgehead atoms. The molecule has 8 heteroatoms. The molecule has 162 valence electrons. The second-order valence-electron chi connectivity index (χ2n) is 7.79. The minimum atomic E-state index is -3.62. The first-order valence-electron chi connectivity index (χ1n) is 9.90. The van der Waals surface area contributed by atoms with Crippen LogP contribution in [0.1, 0.15) is 16.7 Å². The van der Waals surface area contributed by atoms with E-state index in [-0.39, 0.29) is 12.5 Å². The molecule has 3 rings (SSSR count). The third-order valence-corrected chi connectivity index (χ3v) is 7.02. The lowest BCUT2D eigenvalue weighted by molar-refractivity contribution is -0.129. The van der Waals surface area contributed by atoms with Crippen molar-refractivity contribution in [2.24, 2.45) is 0 Å².